The summed E-state index contributed by atoms with van der Waals surface area (Å²) in [5.74, 6) is 0.433. The number of benzene rings is 2. The number of hydrogen-bond acceptors (Lipinski definition) is 3. The van der Waals surface area contributed by atoms with Gasteiger partial charge in [-0.1, -0.05) is 41.9 Å². The molecule has 1 heterocycles. The summed E-state index contributed by atoms with van der Waals surface area (Å²) >= 11 is 6.08. The molecule has 2 amide bonds. The number of nitrogens with zero attached hydrogens (tertiary/aromatic N) is 1. The fourth-order valence-corrected chi connectivity index (χ4v) is 3.62. The second-order valence-corrected chi connectivity index (χ2v) is 7.97. The van der Waals surface area contributed by atoms with Crippen molar-refractivity contribution in [1.82, 2.24) is 5.32 Å². The van der Waals surface area contributed by atoms with Gasteiger partial charge in [-0.15, -0.1) is 0 Å². The summed E-state index contributed by atoms with van der Waals surface area (Å²) in [5, 5.41) is 3.54. The zero-order valence-electron chi connectivity index (χ0n) is 16.9. The molecule has 0 fully saturated rings. The molecule has 2 atom stereocenters. The van der Waals surface area contributed by atoms with Gasteiger partial charge in [-0.05, 0) is 50.5 Å². The van der Waals surface area contributed by atoms with Gasteiger partial charge in [0.05, 0.1) is 12.2 Å². The van der Waals surface area contributed by atoms with Gasteiger partial charge in [0, 0.05) is 23.9 Å². The second kappa shape index (κ2) is 9.79. The predicted octanol–water partition coefficient (Wildman–Crippen LogP) is 4.37. The molecule has 0 radical (unpaired) electrons. The molecular formula is C23H27ClN2O3. The first-order chi connectivity index (χ1) is 13.9. The molecule has 154 valence electrons. The van der Waals surface area contributed by atoms with Gasteiger partial charge in [0.25, 0.3) is 0 Å². The molecular weight excluding hydrogens is 388 g/mol. The van der Waals surface area contributed by atoms with Gasteiger partial charge in [0.2, 0.25) is 11.8 Å². The fourth-order valence-electron chi connectivity index (χ4n) is 3.45. The summed E-state index contributed by atoms with van der Waals surface area (Å²) in [6.07, 6.45) is 1.96. The maximum atomic E-state index is 12.8. The van der Waals surface area contributed by atoms with E-state index in [1.807, 2.05) is 32.0 Å². The SMILES string of the molecule is C[C@@H]1CN(C(=O)CCC(=O)N[C@@H](C)CCc2ccccc2)c2cc(Cl)ccc2O1. The van der Waals surface area contributed by atoms with E-state index in [9.17, 15) is 9.59 Å². The van der Waals surface area contributed by atoms with E-state index < -0.39 is 0 Å². The smallest absolute Gasteiger partial charge is 0.227 e. The van der Waals surface area contributed by atoms with Crippen LogP contribution in [0.25, 0.3) is 0 Å². The topological polar surface area (TPSA) is 58.6 Å². The van der Waals surface area contributed by atoms with E-state index in [4.69, 9.17) is 16.3 Å². The van der Waals surface area contributed by atoms with Crippen molar-refractivity contribution >= 4 is 29.1 Å². The van der Waals surface area contributed by atoms with Crippen molar-refractivity contribution in [2.24, 2.45) is 0 Å². The normalized spacial score (nSPS) is 16.5. The molecule has 2 aromatic rings. The molecule has 0 saturated carbocycles. The van der Waals surface area contributed by atoms with Gasteiger partial charge in [0.1, 0.15) is 11.9 Å². The molecule has 0 unspecified atom stereocenters. The van der Waals surface area contributed by atoms with Crippen LogP contribution < -0.4 is 15.0 Å². The van der Waals surface area contributed by atoms with Crippen LogP contribution >= 0.6 is 11.6 Å². The van der Waals surface area contributed by atoms with Gasteiger partial charge >= 0.3 is 0 Å². The second-order valence-electron chi connectivity index (χ2n) is 7.54. The van der Waals surface area contributed by atoms with E-state index in [2.05, 4.69) is 17.4 Å². The Balaban J connectivity index is 1.49. The Hall–Kier alpha value is -2.53. The minimum absolute atomic E-state index is 0.0562. The first-order valence-corrected chi connectivity index (χ1v) is 10.4. The number of halogens is 1. The molecule has 1 aliphatic heterocycles. The Morgan fingerprint density at radius 1 is 1.21 bits per heavy atom. The Bertz CT molecular complexity index is 856. The van der Waals surface area contributed by atoms with E-state index in [0.29, 0.717) is 23.0 Å². The Morgan fingerprint density at radius 2 is 1.97 bits per heavy atom. The molecule has 0 aliphatic carbocycles. The summed E-state index contributed by atoms with van der Waals surface area (Å²) in [6, 6.07) is 15.5. The molecule has 1 aliphatic rings. The number of fused-ring (bicyclic) bond motifs is 1. The number of carbonyl (C=O) groups excluding carboxylic acids is 2. The average molecular weight is 415 g/mol. The van der Waals surface area contributed by atoms with E-state index >= 15 is 0 Å². The third-order valence-corrected chi connectivity index (χ3v) is 5.20. The van der Waals surface area contributed by atoms with Gasteiger partial charge in [-0.25, -0.2) is 0 Å². The van der Waals surface area contributed by atoms with Crippen LogP contribution in [0.15, 0.2) is 48.5 Å². The van der Waals surface area contributed by atoms with Crippen molar-refractivity contribution in [2.75, 3.05) is 11.4 Å². The lowest BCUT2D eigenvalue weighted by atomic mass is 10.1. The van der Waals surface area contributed by atoms with E-state index in [1.165, 1.54) is 5.56 Å². The average Bonchev–Trinajstić information content (AvgIpc) is 2.71. The lowest BCUT2D eigenvalue weighted by Crippen LogP contribution is -2.43. The maximum absolute atomic E-state index is 12.8. The van der Waals surface area contributed by atoms with Crippen LogP contribution in [0.4, 0.5) is 5.69 Å². The summed E-state index contributed by atoms with van der Waals surface area (Å²) in [5.41, 5.74) is 1.92. The molecule has 6 heteroatoms. The minimum atomic E-state index is -0.112. The van der Waals surface area contributed by atoms with Crippen molar-refractivity contribution in [2.45, 2.75) is 51.7 Å². The number of anilines is 1. The summed E-state index contributed by atoms with van der Waals surface area (Å²) in [6.45, 7) is 4.35. The lowest BCUT2D eigenvalue weighted by molar-refractivity contribution is -0.125. The summed E-state index contributed by atoms with van der Waals surface area (Å²) in [7, 11) is 0. The number of amides is 2. The number of rotatable bonds is 7. The van der Waals surface area contributed by atoms with Gasteiger partial charge < -0.3 is 15.0 Å². The molecule has 1 N–H and O–H groups in total. The van der Waals surface area contributed by atoms with Gasteiger partial charge in [-0.2, -0.15) is 0 Å². The first kappa shape index (κ1) is 21.2. The number of carbonyl (C=O) groups is 2. The zero-order valence-corrected chi connectivity index (χ0v) is 17.6. The number of aryl methyl sites for hydroxylation is 1. The third-order valence-electron chi connectivity index (χ3n) is 4.96. The van der Waals surface area contributed by atoms with Crippen LogP contribution in [-0.2, 0) is 16.0 Å². The van der Waals surface area contributed by atoms with Crippen LogP contribution in [0.3, 0.4) is 0 Å². The van der Waals surface area contributed by atoms with Crippen molar-refractivity contribution in [3.8, 4) is 5.75 Å². The van der Waals surface area contributed by atoms with Crippen molar-refractivity contribution in [3.05, 3.63) is 59.1 Å². The minimum Gasteiger partial charge on any atom is -0.487 e. The van der Waals surface area contributed by atoms with Crippen LogP contribution in [-0.4, -0.2) is 30.5 Å². The first-order valence-electron chi connectivity index (χ1n) is 10.0. The molecule has 0 spiro atoms. The molecule has 0 aromatic heterocycles. The van der Waals surface area contributed by atoms with E-state index in [-0.39, 0.29) is 36.8 Å². The van der Waals surface area contributed by atoms with Crippen molar-refractivity contribution in [3.63, 3.8) is 0 Å². The van der Waals surface area contributed by atoms with Gasteiger partial charge in [-0.3, -0.25) is 9.59 Å². The third kappa shape index (κ3) is 5.97. The van der Waals surface area contributed by atoms with Crippen molar-refractivity contribution in [1.29, 1.82) is 0 Å². The summed E-state index contributed by atoms with van der Waals surface area (Å²) < 4.78 is 5.78. The standard InChI is InChI=1S/C23H27ClN2O3/c1-16(8-9-18-6-4-3-5-7-18)25-22(27)12-13-23(28)26-15-17(2)29-21-11-10-19(24)14-20(21)26/h3-7,10-11,14,16-17H,8-9,12-13,15H2,1-2H3,(H,25,27)/t16-,17+/m0/s1. The van der Waals surface area contributed by atoms with Crippen LogP contribution in [0.5, 0.6) is 5.75 Å². The highest BCUT2D eigenvalue weighted by atomic mass is 35.5. The van der Waals surface area contributed by atoms with Crippen LogP contribution in [0, 0.1) is 0 Å². The lowest BCUT2D eigenvalue weighted by Gasteiger charge is -2.33. The molecule has 0 bridgehead atoms. The largest absolute Gasteiger partial charge is 0.487 e. The Kier molecular flexibility index (Phi) is 7.15. The molecule has 0 saturated heterocycles. The van der Waals surface area contributed by atoms with Gasteiger partial charge in [0.15, 0.2) is 0 Å². The highest BCUT2D eigenvalue weighted by molar-refractivity contribution is 6.31. The summed E-state index contributed by atoms with van der Waals surface area (Å²) in [4.78, 5) is 26.7. The zero-order chi connectivity index (χ0) is 20.8. The molecule has 3 rings (SSSR count). The maximum Gasteiger partial charge on any atom is 0.227 e. The predicted molar refractivity (Wildman–Crippen MR) is 115 cm³/mol. The fraction of sp³-hybridized carbons (Fsp3) is 0.391. The van der Waals surface area contributed by atoms with E-state index in [1.54, 1.807) is 23.1 Å². The Labute approximate surface area is 177 Å². The van der Waals surface area contributed by atoms with Crippen LogP contribution in [0.1, 0.15) is 38.7 Å². The Morgan fingerprint density at radius 3 is 2.72 bits per heavy atom. The number of nitrogens with one attached hydrogen (secondary N) is 1. The monoisotopic (exact) mass is 414 g/mol. The number of hydrogen-bond donors (Lipinski definition) is 1. The highest BCUT2D eigenvalue weighted by Crippen LogP contribution is 2.36. The number of ether oxygens (including phenoxy) is 1. The molecule has 5 nitrogen and oxygen atoms in total. The quantitative estimate of drug-likeness (QED) is 0.731. The highest BCUT2D eigenvalue weighted by Gasteiger charge is 2.28. The van der Waals surface area contributed by atoms with Crippen molar-refractivity contribution < 1.29 is 14.3 Å². The van der Waals surface area contributed by atoms with E-state index in [0.717, 1.165) is 12.8 Å². The molecule has 2 aromatic carbocycles. The van der Waals surface area contributed by atoms with Crippen LogP contribution in [0.2, 0.25) is 5.02 Å². The molecule has 29 heavy (non-hydrogen) atoms.